The van der Waals surface area contributed by atoms with Crippen LogP contribution in [0.5, 0.6) is 0 Å². The Morgan fingerprint density at radius 1 is 1.07 bits per heavy atom. The molecule has 0 bridgehead atoms. The summed E-state index contributed by atoms with van der Waals surface area (Å²) in [6, 6.07) is 17.9. The van der Waals surface area contributed by atoms with Crippen LogP contribution in [0.3, 0.4) is 0 Å². The fourth-order valence-corrected chi connectivity index (χ4v) is 4.44. The van der Waals surface area contributed by atoms with Crippen LogP contribution in [-0.2, 0) is 21.4 Å². The van der Waals surface area contributed by atoms with Crippen molar-refractivity contribution in [1.82, 2.24) is 10.2 Å². The van der Waals surface area contributed by atoms with Crippen molar-refractivity contribution in [2.24, 2.45) is 0 Å². The Morgan fingerprint density at radius 2 is 1.79 bits per heavy atom. The molecule has 1 aliphatic carbocycles. The number of aryl methyl sites for hydroxylation is 1. The van der Waals surface area contributed by atoms with Gasteiger partial charge in [0.1, 0.15) is 6.04 Å². The van der Waals surface area contributed by atoms with Crippen molar-refractivity contribution in [2.45, 2.75) is 50.5 Å². The molecule has 0 aromatic heterocycles. The van der Waals surface area contributed by atoms with Gasteiger partial charge < -0.3 is 10.2 Å². The van der Waals surface area contributed by atoms with Crippen molar-refractivity contribution in [3.8, 4) is 0 Å². The zero-order valence-electron chi connectivity index (χ0n) is 16.5. The smallest absolute Gasteiger partial charge is 0.242 e. The summed E-state index contributed by atoms with van der Waals surface area (Å²) in [5.41, 5.74) is 3.71. The lowest BCUT2D eigenvalue weighted by Gasteiger charge is -2.26. The van der Waals surface area contributed by atoms with Gasteiger partial charge in [0.2, 0.25) is 11.8 Å². The lowest BCUT2D eigenvalue weighted by Crippen LogP contribution is -2.48. The van der Waals surface area contributed by atoms with Crippen molar-refractivity contribution < 1.29 is 9.59 Å². The molecule has 1 heterocycles. The molecular formula is C24H28N2O2. The van der Waals surface area contributed by atoms with Crippen LogP contribution in [-0.4, -0.2) is 35.8 Å². The highest BCUT2D eigenvalue weighted by atomic mass is 16.2. The van der Waals surface area contributed by atoms with Gasteiger partial charge in [-0.3, -0.25) is 9.59 Å². The third kappa shape index (κ3) is 3.82. The minimum Gasteiger partial charge on any atom is -0.353 e. The molecule has 1 aliphatic heterocycles. The van der Waals surface area contributed by atoms with Crippen LogP contribution in [0.2, 0.25) is 0 Å². The van der Waals surface area contributed by atoms with Gasteiger partial charge in [0, 0.05) is 18.5 Å². The molecule has 4 heteroatoms. The first-order valence-corrected chi connectivity index (χ1v) is 10.3. The third-order valence-electron chi connectivity index (χ3n) is 6.24. The topological polar surface area (TPSA) is 49.4 Å². The lowest BCUT2D eigenvalue weighted by atomic mass is 9.92. The van der Waals surface area contributed by atoms with Crippen molar-refractivity contribution in [3.63, 3.8) is 0 Å². The Hall–Kier alpha value is -2.62. The predicted octanol–water partition coefficient (Wildman–Crippen LogP) is 3.38. The third-order valence-corrected chi connectivity index (χ3v) is 6.24. The Kier molecular flexibility index (Phi) is 5.21. The summed E-state index contributed by atoms with van der Waals surface area (Å²) < 4.78 is 0. The molecule has 2 fully saturated rings. The molecule has 1 atom stereocenters. The summed E-state index contributed by atoms with van der Waals surface area (Å²) in [5, 5.41) is 3.17. The van der Waals surface area contributed by atoms with Crippen LogP contribution in [0.15, 0.2) is 54.6 Å². The highest BCUT2D eigenvalue weighted by Gasteiger charge is 2.45. The van der Waals surface area contributed by atoms with Gasteiger partial charge in [-0.15, -0.1) is 0 Å². The Balaban J connectivity index is 1.38. The fourth-order valence-electron chi connectivity index (χ4n) is 4.44. The molecule has 28 heavy (non-hydrogen) atoms. The van der Waals surface area contributed by atoms with Gasteiger partial charge in [-0.05, 0) is 49.3 Å². The van der Waals surface area contributed by atoms with E-state index in [1.807, 2.05) is 30.3 Å². The van der Waals surface area contributed by atoms with Crippen molar-refractivity contribution in [3.05, 3.63) is 71.3 Å². The summed E-state index contributed by atoms with van der Waals surface area (Å²) in [4.78, 5) is 27.4. The maximum atomic E-state index is 12.9. The van der Waals surface area contributed by atoms with E-state index in [9.17, 15) is 9.59 Å². The van der Waals surface area contributed by atoms with Gasteiger partial charge in [0.25, 0.3) is 0 Å². The number of rotatable bonds is 6. The van der Waals surface area contributed by atoms with Crippen LogP contribution in [0, 0.1) is 6.92 Å². The molecule has 0 spiro atoms. The maximum Gasteiger partial charge on any atom is 0.242 e. The number of benzene rings is 2. The number of nitrogens with one attached hydrogen (secondary N) is 1. The second-order valence-electron chi connectivity index (χ2n) is 8.22. The standard InChI is InChI=1S/C24H28N2O2/c1-18-8-5-6-11-20(18)24(13-14-24)17-25-23(28)21-12-7-15-26(21)22(27)16-19-9-3-2-4-10-19/h2-6,8-11,21H,7,12-17H2,1H3,(H,25,28). The molecule has 4 nitrogen and oxygen atoms in total. The van der Waals surface area contributed by atoms with E-state index in [1.165, 1.54) is 11.1 Å². The quantitative estimate of drug-likeness (QED) is 0.840. The van der Waals surface area contributed by atoms with Gasteiger partial charge in [-0.2, -0.15) is 0 Å². The van der Waals surface area contributed by atoms with E-state index in [0.29, 0.717) is 19.5 Å². The summed E-state index contributed by atoms with van der Waals surface area (Å²) in [5.74, 6) is 0.0441. The van der Waals surface area contributed by atoms with E-state index < -0.39 is 0 Å². The van der Waals surface area contributed by atoms with Crippen LogP contribution in [0.25, 0.3) is 0 Å². The normalized spacial score (nSPS) is 20.0. The number of nitrogens with zero attached hydrogens (tertiary/aromatic N) is 1. The van der Waals surface area contributed by atoms with Gasteiger partial charge >= 0.3 is 0 Å². The number of hydrogen-bond acceptors (Lipinski definition) is 2. The van der Waals surface area contributed by atoms with E-state index in [-0.39, 0.29) is 23.3 Å². The van der Waals surface area contributed by atoms with Gasteiger partial charge in [0.05, 0.1) is 6.42 Å². The number of carbonyl (C=O) groups is 2. The molecular weight excluding hydrogens is 348 g/mol. The molecule has 1 saturated heterocycles. The molecule has 2 aromatic carbocycles. The zero-order chi connectivity index (χ0) is 19.6. The fraction of sp³-hybridized carbons (Fsp3) is 0.417. The number of likely N-dealkylation sites (tertiary alicyclic amines) is 1. The molecule has 2 aliphatic rings. The van der Waals surface area contributed by atoms with Crippen molar-refractivity contribution in [1.29, 1.82) is 0 Å². The van der Waals surface area contributed by atoms with Crippen LogP contribution < -0.4 is 5.32 Å². The van der Waals surface area contributed by atoms with E-state index in [1.54, 1.807) is 4.90 Å². The van der Waals surface area contributed by atoms with Crippen LogP contribution in [0.4, 0.5) is 0 Å². The van der Waals surface area contributed by atoms with Gasteiger partial charge in [-0.1, -0.05) is 54.6 Å². The molecule has 2 aromatic rings. The highest BCUT2D eigenvalue weighted by Crippen LogP contribution is 2.48. The first-order valence-electron chi connectivity index (χ1n) is 10.3. The second-order valence-corrected chi connectivity index (χ2v) is 8.22. The van der Waals surface area contributed by atoms with E-state index in [4.69, 9.17) is 0 Å². The summed E-state index contributed by atoms with van der Waals surface area (Å²) in [7, 11) is 0. The Morgan fingerprint density at radius 3 is 2.50 bits per heavy atom. The average Bonchev–Trinajstić information content (AvgIpc) is 3.32. The number of amides is 2. The first-order chi connectivity index (χ1) is 13.6. The summed E-state index contributed by atoms with van der Waals surface area (Å²) >= 11 is 0. The van der Waals surface area contributed by atoms with Crippen molar-refractivity contribution in [2.75, 3.05) is 13.1 Å². The Bertz CT molecular complexity index is 858. The molecule has 4 rings (SSSR count). The lowest BCUT2D eigenvalue weighted by molar-refractivity contribution is -0.138. The molecule has 1 unspecified atom stereocenters. The van der Waals surface area contributed by atoms with Crippen LogP contribution >= 0.6 is 0 Å². The zero-order valence-corrected chi connectivity index (χ0v) is 16.5. The molecule has 0 radical (unpaired) electrons. The van der Waals surface area contributed by atoms with E-state index in [0.717, 1.165) is 31.2 Å². The molecule has 1 saturated carbocycles. The van der Waals surface area contributed by atoms with E-state index >= 15 is 0 Å². The summed E-state index contributed by atoms with van der Waals surface area (Å²) in [6.45, 7) is 3.47. The van der Waals surface area contributed by atoms with Crippen molar-refractivity contribution >= 4 is 11.8 Å². The largest absolute Gasteiger partial charge is 0.353 e. The number of hydrogen-bond donors (Lipinski definition) is 1. The van der Waals surface area contributed by atoms with Crippen LogP contribution in [0.1, 0.15) is 42.4 Å². The minimum atomic E-state index is -0.330. The van der Waals surface area contributed by atoms with E-state index in [2.05, 4.69) is 36.5 Å². The first kappa shape index (κ1) is 18.7. The molecule has 1 N–H and O–H groups in total. The number of carbonyl (C=O) groups excluding carboxylic acids is 2. The maximum absolute atomic E-state index is 12.9. The Labute approximate surface area is 166 Å². The van der Waals surface area contributed by atoms with Gasteiger partial charge in [-0.25, -0.2) is 0 Å². The summed E-state index contributed by atoms with van der Waals surface area (Å²) in [6.07, 6.45) is 4.22. The molecule has 146 valence electrons. The molecule has 2 amide bonds. The average molecular weight is 377 g/mol. The van der Waals surface area contributed by atoms with Gasteiger partial charge in [0.15, 0.2) is 0 Å². The monoisotopic (exact) mass is 376 g/mol. The second kappa shape index (κ2) is 7.78. The highest BCUT2D eigenvalue weighted by molar-refractivity contribution is 5.89. The SMILES string of the molecule is Cc1ccccc1C1(CNC(=O)C2CCCN2C(=O)Cc2ccccc2)CC1. The predicted molar refractivity (Wildman–Crippen MR) is 110 cm³/mol. The minimum absolute atomic E-state index is 0.00114.